The minimum atomic E-state index is -0.969. The number of nitrogens with one attached hydrogen (secondary N) is 3. The van der Waals surface area contributed by atoms with E-state index in [4.69, 9.17) is 9.84 Å². The van der Waals surface area contributed by atoms with Crippen LogP contribution in [0.3, 0.4) is 0 Å². The van der Waals surface area contributed by atoms with Crippen molar-refractivity contribution in [3.63, 3.8) is 0 Å². The predicted molar refractivity (Wildman–Crippen MR) is 204 cm³/mol. The lowest BCUT2D eigenvalue weighted by atomic mass is 10.2. The number of carbonyl (C=O) groups is 4. The van der Waals surface area contributed by atoms with Crippen molar-refractivity contribution in [2.24, 2.45) is 0 Å². The molecule has 278 valence electrons. The average Bonchev–Trinajstić information content (AvgIpc) is 3.84. The molecule has 0 bridgehead atoms. The second-order valence-corrected chi connectivity index (χ2v) is 13.2. The standard InChI is InChI=1S/C22H32N6O5S2.2C7H8.CH4O/c1-15(2)20-26-16(13-34-20)11-28(3)21(31)27-18(6-9-29)19(30)24-7-4-5-8-25-22(32)33-12-17-10-23-14-35-17;2*1-7-5-3-2-4-6-7;1-2/h9-10,13-15,18H,4-8,11-12H2,1-3H3,(H,24,30)(H,25,32)(H,27,31);2*2-6H,1H3;2H,1H3. The van der Waals surface area contributed by atoms with Crippen LogP contribution < -0.4 is 16.0 Å². The van der Waals surface area contributed by atoms with Crippen molar-refractivity contribution >= 4 is 47.0 Å². The number of hydrogen-bond acceptors (Lipinski definition) is 10. The number of rotatable bonds is 14. The third-order valence-electron chi connectivity index (χ3n) is 6.64. The third-order valence-corrected chi connectivity index (χ3v) is 8.58. The smallest absolute Gasteiger partial charge is 0.407 e. The van der Waals surface area contributed by atoms with Gasteiger partial charge in [0.2, 0.25) is 5.91 Å². The lowest BCUT2D eigenvalue weighted by molar-refractivity contribution is -0.124. The number of ether oxygens (including phenoxy) is 1. The van der Waals surface area contributed by atoms with Crippen molar-refractivity contribution in [2.75, 3.05) is 27.2 Å². The van der Waals surface area contributed by atoms with E-state index in [1.165, 1.54) is 27.4 Å². The van der Waals surface area contributed by atoms with Crippen LogP contribution in [0.4, 0.5) is 9.59 Å². The molecule has 1 unspecified atom stereocenters. The highest BCUT2D eigenvalue weighted by atomic mass is 32.1. The number of nitrogens with zero attached hydrogens (tertiary/aromatic N) is 3. The number of thiazole rings is 2. The van der Waals surface area contributed by atoms with Crippen LogP contribution in [0.5, 0.6) is 0 Å². The molecule has 14 heteroatoms. The van der Waals surface area contributed by atoms with Crippen molar-refractivity contribution in [1.82, 2.24) is 30.8 Å². The number of aromatic nitrogens is 2. The first-order valence-electron chi connectivity index (χ1n) is 16.5. The molecule has 0 aliphatic rings. The van der Waals surface area contributed by atoms with E-state index >= 15 is 0 Å². The van der Waals surface area contributed by atoms with E-state index in [0.29, 0.717) is 44.7 Å². The Kier molecular flexibility index (Phi) is 23.6. The van der Waals surface area contributed by atoms with Crippen LogP contribution in [0.2, 0.25) is 0 Å². The van der Waals surface area contributed by atoms with Crippen LogP contribution in [0, 0.1) is 13.8 Å². The number of amides is 4. The molecular formula is C37H52N6O6S2. The van der Waals surface area contributed by atoms with Gasteiger partial charge in [-0.3, -0.25) is 9.78 Å². The molecule has 0 saturated heterocycles. The summed E-state index contributed by atoms with van der Waals surface area (Å²) in [4.78, 5) is 58.3. The summed E-state index contributed by atoms with van der Waals surface area (Å²) in [6.45, 7) is 9.48. The molecule has 51 heavy (non-hydrogen) atoms. The Hall–Kier alpha value is -4.66. The van der Waals surface area contributed by atoms with E-state index < -0.39 is 24.1 Å². The Morgan fingerprint density at radius 2 is 1.51 bits per heavy atom. The van der Waals surface area contributed by atoms with E-state index in [9.17, 15) is 19.2 Å². The summed E-state index contributed by atoms with van der Waals surface area (Å²) in [5.41, 5.74) is 5.08. The number of aliphatic hydroxyl groups excluding tert-OH is 1. The fourth-order valence-electron chi connectivity index (χ4n) is 3.91. The molecule has 4 amide bonds. The molecule has 4 rings (SSSR count). The second-order valence-electron chi connectivity index (χ2n) is 11.4. The minimum absolute atomic E-state index is 0.132. The number of urea groups is 1. The number of aryl methyl sites for hydroxylation is 2. The molecule has 4 aromatic rings. The Morgan fingerprint density at radius 3 is 1.98 bits per heavy atom. The molecule has 4 N–H and O–H groups in total. The molecule has 0 fully saturated rings. The van der Waals surface area contributed by atoms with Gasteiger partial charge >= 0.3 is 12.1 Å². The number of aldehydes is 1. The highest BCUT2D eigenvalue weighted by molar-refractivity contribution is 7.09. The summed E-state index contributed by atoms with van der Waals surface area (Å²) in [5.74, 6) is -0.126. The van der Waals surface area contributed by atoms with E-state index in [0.717, 1.165) is 22.7 Å². The highest BCUT2D eigenvalue weighted by Crippen LogP contribution is 2.19. The number of aliphatic hydroxyl groups is 1. The maximum atomic E-state index is 12.5. The van der Waals surface area contributed by atoms with Gasteiger partial charge < -0.3 is 35.5 Å². The number of alkyl carbamates (subject to hydrolysis) is 1. The Balaban J connectivity index is 0.000000660. The van der Waals surface area contributed by atoms with Crippen LogP contribution in [-0.2, 0) is 27.5 Å². The van der Waals surface area contributed by atoms with E-state index in [1.54, 1.807) is 30.1 Å². The summed E-state index contributed by atoms with van der Waals surface area (Å²) in [6.07, 6.45) is 2.81. The van der Waals surface area contributed by atoms with Crippen LogP contribution >= 0.6 is 22.7 Å². The van der Waals surface area contributed by atoms with Crippen molar-refractivity contribution in [1.29, 1.82) is 0 Å². The summed E-state index contributed by atoms with van der Waals surface area (Å²) in [7, 11) is 2.61. The van der Waals surface area contributed by atoms with Crippen LogP contribution in [0.15, 0.2) is 77.8 Å². The molecule has 2 aromatic carbocycles. The van der Waals surface area contributed by atoms with Gasteiger partial charge in [0, 0.05) is 51.2 Å². The molecule has 12 nitrogen and oxygen atoms in total. The normalized spacial score (nSPS) is 10.4. The van der Waals surface area contributed by atoms with Crippen molar-refractivity contribution in [3.05, 3.63) is 104 Å². The molecule has 0 aliphatic carbocycles. The van der Waals surface area contributed by atoms with E-state index in [-0.39, 0.29) is 13.0 Å². The monoisotopic (exact) mass is 740 g/mol. The molecule has 0 saturated carbocycles. The Morgan fingerprint density at radius 1 is 0.922 bits per heavy atom. The summed E-state index contributed by atoms with van der Waals surface area (Å²) < 4.78 is 5.06. The molecular weight excluding hydrogens is 689 g/mol. The van der Waals surface area contributed by atoms with Crippen LogP contribution in [0.25, 0.3) is 0 Å². The minimum Gasteiger partial charge on any atom is -0.444 e. The highest BCUT2D eigenvalue weighted by Gasteiger charge is 2.22. The molecule has 2 aromatic heterocycles. The third kappa shape index (κ3) is 20.6. The van der Waals surface area contributed by atoms with Crippen LogP contribution in [-0.4, -0.2) is 77.6 Å². The zero-order chi connectivity index (χ0) is 37.9. The van der Waals surface area contributed by atoms with Gasteiger partial charge in [-0.1, -0.05) is 85.6 Å². The molecule has 0 aliphatic heterocycles. The predicted octanol–water partition coefficient (Wildman–Crippen LogP) is 6.24. The number of unbranched alkanes of at least 4 members (excludes halogenated alkanes) is 1. The summed E-state index contributed by atoms with van der Waals surface area (Å²) in [6, 6.07) is 19.1. The van der Waals surface area contributed by atoms with Crippen molar-refractivity contribution < 1.29 is 29.0 Å². The van der Waals surface area contributed by atoms with Gasteiger partial charge in [-0.15, -0.1) is 22.7 Å². The quantitative estimate of drug-likeness (QED) is 0.0872. The zero-order valence-electron chi connectivity index (χ0n) is 30.3. The Labute approximate surface area is 309 Å². The SMILES string of the molecule is CC(C)c1nc(CN(C)C(=O)NC(CC=O)C(=O)NCCCCNC(=O)OCc2cncs2)cs1.CO.Cc1ccccc1.Cc1ccccc1. The number of carbonyl (C=O) groups excluding carboxylic acids is 4. The molecule has 0 spiro atoms. The topological polar surface area (TPSA) is 163 Å². The molecule has 1 atom stereocenters. The maximum Gasteiger partial charge on any atom is 0.407 e. The van der Waals surface area contributed by atoms with Gasteiger partial charge in [0.05, 0.1) is 27.6 Å². The summed E-state index contributed by atoms with van der Waals surface area (Å²) >= 11 is 2.95. The average molecular weight is 741 g/mol. The first-order valence-corrected chi connectivity index (χ1v) is 18.3. The van der Waals surface area contributed by atoms with E-state index in [1.807, 2.05) is 41.8 Å². The maximum absolute atomic E-state index is 12.5. The first-order chi connectivity index (χ1) is 24.6. The van der Waals surface area contributed by atoms with Crippen molar-refractivity contribution in [3.8, 4) is 0 Å². The number of hydrogen-bond donors (Lipinski definition) is 4. The first kappa shape index (κ1) is 44.4. The second kappa shape index (κ2) is 27.1. The number of benzene rings is 2. The summed E-state index contributed by atoms with van der Waals surface area (Å²) in [5, 5.41) is 17.9. The van der Waals surface area contributed by atoms with Gasteiger partial charge in [-0.2, -0.15) is 0 Å². The van der Waals surface area contributed by atoms with Gasteiger partial charge in [-0.25, -0.2) is 14.6 Å². The Bertz CT molecular complexity index is 1470. The van der Waals surface area contributed by atoms with Gasteiger partial charge in [0.1, 0.15) is 18.9 Å². The fraction of sp³-hybridized carbons (Fsp3) is 0.405. The van der Waals surface area contributed by atoms with Crippen LogP contribution in [0.1, 0.15) is 65.7 Å². The zero-order valence-corrected chi connectivity index (χ0v) is 32.0. The molecule has 2 heterocycles. The lowest BCUT2D eigenvalue weighted by Gasteiger charge is -2.21. The molecule has 0 radical (unpaired) electrons. The van der Waals surface area contributed by atoms with Gasteiger partial charge in [0.25, 0.3) is 0 Å². The van der Waals surface area contributed by atoms with E-state index in [2.05, 4.69) is 77.9 Å². The van der Waals surface area contributed by atoms with Gasteiger partial charge in [-0.05, 0) is 26.7 Å². The lowest BCUT2D eigenvalue weighted by Crippen LogP contribution is -2.50. The van der Waals surface area contributed by atoms with Crippen molar-refractivity contribution in [2.45, 2.75) is 72.1 Å². The fourth-order valence-corrected chi connectivity index (χ4v) is 5.24. The largest absolute Gasteiger partial charge is 0.444 e. The van der Waals surface area contributed by atoms with Gasteiger partial charge in [0.15, 0.2) is 0 Å².